The van der Waals surface area contributed by atoms with Gasteiger partial charge < -0.3 is 13.7 Å². The summed E-state index contributed by atoms with van der Waals surface area (Å²) >= 11 is 0. The molecule has 0 aliphatic rings. The zero-order chi connectivity index (χ0) is 23.1. The molecule has 0 amide bonds. The molecule has 0 fully saturated rings. The molecule has 166 valence electrons. The van der Waals surface area contributed by atoms with Crippen molar-refractivity contribution in [1.29, 1.82) is 0 Å². The molecule has 2 aromatic carbocycles. The number of hydrogen-bond acceptors (Lipinski definition) is 5. The summed E-state index contributed by atoms with van der Waals surface area (Å²) in [5.74, 6) is 0.749. The summed E-state index contributed by atoms with van der Waals surface area (Å²) in [6.07, 6.45) is 0.830. The van der Waals surface area contributed by atoms with Gasteiger partial charge in [0.15, 0.2) is 5.65 Å². The number of esters is 1. The van der Waals surface area contributed by atoms with Crippen LogP contribution in [0.25, 0.3) is 33.3 Å². The molecule has 5 aromatic rings. The average molecular weight is 440 g/mol. The molecule has 6 nitrogen and oxygen atoms in total. The molecule has 0 aliphatic carbocycles. The summed E-state index contributed by atoms with van der Waals surface area (Å²) in [4.78, 5) is 22.0. The van der Waals surface area contributed by atoms with E-state index in [2.05, 4.69) is 36.6 Å². The van der Waals surface area contributed by atoms with Gasteiger partial charge in [0.05, 0.1) is 13.7 Å². The van der Waals surface area contributed by atoms with Crippen molar-refractivity contribution in [2.75, 3.05) is 7.11 Å². The van der Waals surface area contributed by atoms with Gasteiger partial charge in [-0.15, -0.1) is 0 Å². The monoisotopic (exact) mass is 439 g/mol. The number of aryl methyl sites for hydroxylation is 3. The maximum Gasteiger partial charge on any atom is 0.374 e. The first-order chi connectivity index (χ1) is 16.0. The van der Waals surface area contributed by atoms with Crippen LogP contribution in [-0.4, -0.2) is 27.6 Å². The van der Waals surface area contributed by atoms with Crippen molar-refractivity contribution in [1.82, 2.24) is 14.5 Å². The molecule has 0 radical (unpaired) electrons. The molecular weight excluding hydrogens is 414 g/mol. The molecule has 0 saturated carbocycles. The van der Waals surface area contributed by atoms with Gasteiger partial charge in [0.2, 0.25) is 5.76 Å². The van der Waals surface area contributed by atoms with E-state index in [0.717, 1.165) is 56.7 Å². The Morgan fingerprint density at radius 2 is 1.82 bits per heavy atom. The molecule has 6 heteroatoms. The fraction of sp³-hybridized carbons (Fsp3) is 0.222. The zero-order valence-corrected chi connectivity index (χ0v) is 19.2. The highest BCUT2D eigenvalue weighted by molar-refractivity contribution is 6.06. The van der Waals surface area contributed by atoms with Gasteiger partial charge in [-0.3, -0.25) is 0 Å². The van der Waals surface area contributed by atoms with E-state index >= 15 is 0 Å². The van der Waals surface area contributed by atoms with Crippen molar-refractivity contribution in [3.8, 4) is 11.1 Å². The number of methoxy groups -OCH3 is 1. The Labute approximate surface area is 191 Å². The molecule has 0 N–H and O–H groups in total. The number of rotatable bonds is 5. The fourth-order valence-corrected chi connectivity index (χ4v) is 4.41. The minimum Gasteiger partial charge on any atom is -0.463 e. The first-order valence-electron chi connectivity index (χ1n) is 11.0. The van der Waals surface area contributed by atoms with Crippen LogP contribution in [0.1, 0.15) is 40.1 Å². The second-order valence-electron chi connectivity index (χ2n) is 8.21. The van der Waals surface area contributed by atoms with Gasteiger partial charge in [-0.25, -0.2) is 14.8 Å². The standard InChI is InChI=1S/C27H25N3O3/c1-5-22-29-24-16(2)14-17(3)28-26(24)30(22)15-18-10-12-19(13-11-18)23-20-8-6-7-9-21(20)33-25(23)27(31)32-4/h6-14H,5,15H2,1-4H3. The lowest BCUT2D eigenvalue weighted by Gasteiger charge is -2.10. The van der Waals surface area contributed by atoms with Gasteiger partial charge in [0.25, 0.3) is 0 Å². The highest BCUT2D eigenvalue weighted by Gasteiger charge is 2.22. The number of imidazole rings is 1. The molecule has 0 bridgehead atoms. The number of ether oxygens (including phenoxy) is 1. The largest absolute Gasteiger partial charge is 0.463 e. The summed E-state index contributed by atoms with van der Waals surface area (Å²) in [6.45, 7) is 6.88. The highest BCUT2D eigenvalue weighted by atomic mass is 16.5. The summed E-state index contributed by atoms with van der Waals surface area (Å²) < 4.78 is 13.0. The molecular formula is C27H25N3O3. The van der Waals surface area contributed by atoms with Crippen molar-refractivity contribution in [3.63, 3.8) is 0 Å². The van der Waals surface area contributed by atoms with Crippen LogP contribution in [-0.2, 0) is 17.7 Å². The number of furan rings is 1. The van der Waals surface area contributed by atoms with E-state index in [0.29, 0.717) is 12.1 Å². The van der Waals surface area contributed by atoms with E-state index in [1.807, 2.05) is 43.3 Å². The van der Waals surface area contributed by atoms with E-state index in [-0.39, 0.29) is 5.76 Å². The van der Waals surface area contributed by atoms with E-state index < -0.39 is 5.97 Å². The third kappa shape index (κ3) is 3.57. The van der Waals surface area contributed by atoms with Crippen LogP contribution in [0.5, 0.6) is 0 Å². The van der Waals surface area contributed by atoms with E-state index in [9.17, 15) is 4.79 Å². The summed E-state index contributed by atoms with van der Waals surface area (Å²) in [7, 11) is 1.36. The van der Waals surface area contributed by atoms with Gasteiger partial charge in [-0.1, -0.05) is 49.4 Å². The van der Waals surface area contributed by atoms with E-state index in [1.165, 1.54) is 7.11 Å². The Morgan fingerprint density at radius 3 is 2.55 bits per heavy atom. The third-order valence-corrected chi connectivity index (χ3v) is 5.97. The van der Waals surface area contributed by atoms with E-state index in [1.54, 1.807) is 0 Å². The molecule has 0 unspecified atom stereocenters. The predicted molar refractivity (Wildman–Crippen MR) is 128 cm³/mol. The van der Waals surface area contributed by atoms with Gasteiger partial charge >= 0.3 is 5.97 Å². The fourth-order valence-electron chi connectivity index (χ4n) is 4.41. The molecule has 3 aromatic heterocycles. The van der Waals surface area contributed by atoms with Crippen molar-refractivity contribution >= 4 is 28.1 Å². The average Bonchev–Trinajstić information content (AvgIpc) is 3.38. The first kappa shape index (κ1) is 20.9. The lowest BCUT2D eigenvalue weighted by Crippen LogP contribution is -2.06. The van der Waals surface area contributed by atoms with Crippen LogP contribution >= 0.6 is 0 Å². The topological polar surface area (TPSA) is 70.2 Å². The molecule has 0 saturated heterocycles. The minimum atomic E-state index is -0.487. The number of carbonyl (C=O) groups is 1. The van der Waals surface area contributed by atoms with Crippen molar-refractivity contribution in [2.45, 2.75) is 33.7 Å². The Kier molecular flexibility index (Phi) is 5.21. The predicted octanol–water partition coefficient (Wildman–Crippen LogP) is 5.86. The van der Waals surface area contributed by atoms with Gasteiger partial charge in [-0.2, -0.15) is 0 Å². The van der Waals surface area contributed by atoms with E-state index in [4.69, 9.17) is 19.1 Å². The minimum absolute atomic E-state index is 0.218. The number of carbonyl (C=O) groups excluding carboxylic acids is 1. The van der Waals surface area contributed by atoms with Crippen LogP contribution in [0.2, 0.25) is 0 Å². The molecule has 0 spiro atoms. The van der Waals surface area contributed by atoms with Gasteiger partial charge in [-0.05, 0) is 42.7 Å². The number of nitrogens with zero attached hydrogens (tertiary/aromatic N) is 3. The van der Waals surface area contributed by atoms with Gasteiger partial charge in [0, 0.05) is 23.1 Å². The van der Waals surface area contributed by atoms with Crippen molar-refractivity contribution in [2.24, 2.45) is 0 Å². The highest BCUT2D eigenvalue weighted by Crippen LogP contribution is 2.35. The summed E-state index contributed by atoms with van der Waals surface area (Å²) in [5, 5.41) is 0.884. The number of para-hydroxylation sites is 1. The molecule has 5 rings (SSSR count). The number of hydrogen-bond donors (Lipinski definition) is 0. The van der Waals surface area contributed by atoms with Crippen LogP contribution in [0.4, 0.5) is 0 Å². The Hall–Kier alpha value is -3.93. The lowest BCUT2D eigenvalue weighted by atomic mass is 10.0. The Balaban J connectivity index is 1.56. The smallest absolute Gasteiger partial charge is 0.374 e. The van der Waals surface area contributed by atoms with Crippen LogP contribution < -0.4 is 0 Å². The second-order valence-corrected chi connectivity index (χ2v) is 8.21. The number of aromatic nitrogens is 3. The maximum atomic E-state index is 12.4. The maximum absolute atomic E-state index is 12.4. The normalized spacial score (nSPS) is 11.4. The lowest BCUT2D eigenvalue weighted by molar-refractivity contribution is 0.0569. The van der Waals surface area contributed by atoms with Crippen molar-refractivity contribution in [3.05, 3.63) is 83.0 Å². The Bertz CT molecular complexity index is 1490. The molecule has 33 heavy (non-hydrogen) atoms. The van der Waals surface area contributed by atoms with Crippen LogP contribution in [0.15, 0.2) is 59.0 Å². The summed E-state index contributed by atoms with van der Waals surface area (Å²) in [6, 6.07) is 17.9. The molecule has 3 heterocycles. The SMILES string of the molecule is CCc1nc2c(C)cc(C)nc2n1Cc1ccc(-c2c(C(=O)OC)oc3ccccc23)cc1. The number of pyridine rings is 1. The van der Waals surface area contributed by atoms with Crippen molar-refractivity contribution < 1.29 is 13.9 Å². The molecule has 0 atom stereocenters. The second kappa shape index (κ2) is 8.20. The Morgan fingerprint density at radius 1 is 1.06 bits per heavy atom. The third-order valence-electron chi connectivity index (χ3n) is 5.97. The first-order valence-corrected chi connectivity index (χ1v) is 11.0. The number of fused-ring (bicyclic) bond motifs is 2. The summed E-state index contributed by atoms with van der Waals surface area (Å²) in [5.41, 5.74) is 7.44. The molecule has 0 aliphatic heterocycles. The number of benzene rings is 2. The quantitative estimate of drug-likeness (QED) is 0.321. The van der Waals surface area contributed by atoms with Gasteiger partial charge in [0.1, 0.15) is 16.9 Å². The van der Waals surface area contributed by atoms with Crippen LogP contribution in [0, 0.1) is 13.8 Å². The zero-order valence-electron chi connectivity index (χ0n) is 19.2. The van der Waals surface area contributed by atoms with Crippen LogP contribution in [0.3, 0.4) is 0 Å².